The lowest BCUT2D eigenvalue weighted by atomic mass is 10.0. The second-order valence-corrected chi connectivity index (χ2v) is 7.92. The van der Waals surface area contributed by atoms with Crippen LogP contribution < -0.4 is 0 Å². The summed E-state index contributed by atoms with van der Waals surface area (Å²) in [6.07, 6.45) is 5.36. The Labute approximate surface area is 146 Å². The van der Waals surface area contributed by atoms with E-state index in [1.54, 1.807) is 18.0 Å². The van der Waals surface area contributed by atoms with Gasteiger partial charge >= 0.3 is 0 Å². The van der Waals surface area contributed by atoms with Gasteiger partial charge in [0.05, 0.1) is 36.4 Å². The van der Waals surface area contributed by atoms with Crippen molar-refractivity contribution in [1.29, 1.82) is 0 Å². The lowest BCUT2D eigenvalue weighted by Crippen LogP contribution is -2.50. The number of nitrogens with zero attached hydrogens (tertiary/aromatic N) is 5. The first-order valence-electron chi connectivity index (χ1n) is 8.90. The van der Waals surface area contributed by atoms with Crippen molar-refractivity contribution in [3.63, 3.8) is 0 Å². The summed E-state index contributed by atoms with van der Waals surface area (Å²) in [4.78, 5) is 16.9. The zero-order chi connectivity index (χ0) is 16.4. The van der Waals surface area contributed by atoms with Gasteiger partial charge in [-0.1, -0.05) is 5.21 Å². The molecule has 0 saturated carbocycles. The fourth-order valence-corrected chi connectivity index (χ4v) is 4.75. The van der Waals surface area contributed by atoms with Crippen LogP contribution in [0.1, 0.15) is 31.0 Å². The van der Waals surface area contributed by atoms with E-state index in [0.717, 1.165) is 31.0 Å². The van der Waals surface area contributed by atoms with Crippen LogP contribution in [0.3, 0.4) is 0 Å². The van der Waals surface area contributed by atoms with Gasteiger partial charge in [-0.2, -0.15) is 11.8 Å². The average Bonchev–Trinajstić information content (AvgIpc) is 3.29. The summed E-state index contributed by atoms with van der Waals surface area (Å²) in [5.74, 6) is 1.87. The summed E-state index contributed by atoms with van der Waals surface area (Å²) in [6, 6.07) is 0.225. The van der Waals surface area contributed by atoms with Gasteiger partial charge in [0.2, 0.25) is 5.91 Å². The van der Waals surface area contributed by atoms with Gasteiger partial charge in [0.15, 0.2) is 0 Å². The van der Waals surface area contributed by atoms with Crippen molar-refractivity contribution in [3.05, 3.63) is 11.9 Å². The topological polar surface area (TPSA) is 63.5 Å². The fraction of sp³-hybridized carbons (Fsp3) is 0.812. The summed E-state index contributed by atoms with van der Waals surface area (Å²) in [5, 5.41) is 8.16. The van der Waals surface area contributed by atoms with Crippen molar-refractivity contribution in [2.24, 2.45) is 0 Å². The number of likely N-dealkylation sites (tertiary alicyclic amines) is 2. The van der Waals surface area contributed by atoms with Crippen molar-refractivity contribution in [1.82, 2.24) is 24.8 Å². The molecular formula is C16H25N5O2S. The lowest BCUT2D eigenvalue weighted by molar-refractivity contribution is -0.136. The highest BCUT2D eigenvalue weighted by Gasteiger charge is 2.37. The van der Waals surface area contributed by atoms with E-state index in [9.17, 15) is 4.79 Å². The Bertz CT molecular complexity index is 575. The molecule has 8 heteroatoms. The first kappa shape index (κ1) is 16.4. The van der Waals surface area contributed by atoms with Crippen molar-refractivity contribution in [2.45, 2.75) is 38.0 Å². The van der Waals surface area contributed by atoms with Crippen LogP contribution in [0, 0.1) is 0 Å². The van der Waals surface area contributed by atoms with Gasteiger partial charge < -0.3 is 14.5 Å². The second kappa shape index (κ2) is 7.41. The van der Waals surface area contributed by atoms with Crippen LogP contribution in [0.25, 0.3) is 0 Å². The van der Waals surface area contributed by atoms with Gasteiger partial charge in [-0.05, 0) is 32.4 Å². The zero-order valence-electron chi connectivity index (χ0n) is 14.0. The maximum atomic E-state index is 12.5. The molecule has 0 radical (unpaired) electrons. The third kappa shape index (κ3) is 3.45. The van der Waals surface area contributed by atoms with E-state index in [1.807, 2.05) is 9.58 Å². The van der Waals surface area contributed by atoms with Crippen LogP contribution in [0.2, 0.25) is 0 Å². The van der Waals surface area contributed by atoms with Crippen LogP contribution >= 0.6 is 11.8 Å². The maximum Gasteiger partial charge on any atom is 0.232 e. The molecule has 4 rings (SSSR count). The standard InChI is InChI=1S/C16H25N5O2S/c22-16(12-24-8-7-19-4-1-2-5-19)20-6-3-14-15(10-20)23-11-13-9-17-18-21(13)14/h9,14-15H,1-8,10-12H2/t14-,15-/m0/s1. The number of amides is 1. The van der Waals surface area contributed by atoms with Gasteiger partial charge in [-0.25, -0.2) is 4.68 Å². The summed E-state index contributed by atoms with van der Waals surface area (Å²) in [7, 11) is 0. The largest absolute Gasteiger partial charge is 0.368 e. The Morgan fingerprint density at radius 1 is 1.33 bits per heavy atom. The number of thioether (sulfide) groups is 1. The normalized spacial score (nSPS) is 27.1. The minimum atomic E-state index is 0.0477. The van der Waals surface area contributed by atoms with Crippen LogP contribution in [0.5, 0.6) is 0 Å². The average molecular weight is 351 g/mol. The molecule has 2 saturated heterocycles. The highest BCUT2D eigenvalue weighted by molar-refractivity contribution is 7.99. The molecule has 0 aromatic carbocycles. The number of carbonyl (C=O) groups excluding carboxylic acids is 1. The number of piperidine rings is 1. The SMILES string of the molecule is O=C(CSCCN1CCCC1)N1CC[C@H]2[C@H](C1)OCc1cnnn12. The summed E-state index contributed by atoms with van der Waals surface area (Å²) in [5.41, 5.74) is 1.04. The number of aromatic nitrogens is 3. The van der Waals surface area contributed by atoms with Crippen LogP contribution in [0.4, 0.5) is 0 Å². The molecule has 2 fully saturated rings. The molecule has 0 aliphatic carbocycles. The number of hydrogen-bond acceptors (Lipinski definition) is 6. The first-order valence-corrected chi connectivity index (χ1v) is 10.1. The minimum Gasteiger partial charge on any atom is -0.368 e. The third-order valence-electron chi connectivity index (χ3n) is 5.26. The zero-order valence-corrected chi connectivity index (χ0v) is 14.8. The molecule has 7 nitrogen and oxygen atoms in total. The Kier molecular flexibility index (Phi) is 5.05. The van der Waals surface area contributed by atoms with Crippen molar-refractivity contribution in [2.75, 3.05) is 44.2 Å². The molecule has 24 heavy (non-hydrogen) atoms. The number of carbonyl (C=O) groups is 1. The summed E-state index contributed by atoms with van der Waals surface area (Å²) in [6.45, 7) is 5.57. The van der Waals surface area contributed by atoms with E-state index < -0.39 is 0 Å². The molecule has 2 atom stereocenters. The molecular weight excluding hydrogens is 326 g/mol. The highest BCUT2D eigenvalue weighted by atomic mass is 32.2. The number of ether oxygens (including phenoxy) is 1. The van der Waals surface area contributed by atoms with E-state index in [1.165, 1.54) is 25.9 Å². The summed E-state index contributed by atoms with van der Waals surface area (Å²) >= 11 is 1.76. The van der Waals surface area contributed by atoms with E-state index >= 15 is 0 Å². The maximum absolute atomic E-state index is 12.5. The minimum absolute atomic E-state index is 0.0477. The van der Waals surface area contributed by atoms with E-state index in [0.29, 0.717) is 18.9 Å². The van der Waals surface area contributed by atoms with Gasteiger partial charge in [-0.15, -0.1) is 5.10 Å². The summed E-state index contributed by atoms with van der Waals surface area (Å²) < 4.78 is 7.92. The highest BCUT2D eigenvalue weighted by Crippen LogP contribution is 2.30. The molecule has 1 aromatic rings. The van der Waals surface area contributed by atoms with Crippen LogP contribution in [-0.2, 0) is 16.1 Å². The first-order chi connectivity index (χ1) is 11.8. The van der Waals surface area contributed by atoms with Crippen molar-refractivity contribution < 1.29 is 9.53 Å². The second-order valence-electron chi connectivity index (χ2n) is 6.82. The van der Waals surface area contributed by atoms with Crippen molar-refractivity contribution >= 4 is 17.7 Å². The van der Waals surface area contributed by atoms with Gasteiger partial charge in [0, 0.05) is 25.4 Å². The van der Waals surface area contributed by atoms with E-state index in [4.69, 9.17) is 4.74 Å². The fourth-order valence-electron chi connectivity index (χ4n) is 3.86. The molecule has 3 aliphatic rings. The predicted molar refractivity (Wildman–Crippen MR) is 91.8 cm³/mol. The molecule has 0 spiro atoms. The molecule has 0 bridgehead atoms. The van der Waals surface area contributed by atoms with E-state index in [2.05, 4.69) is 15.2 Å². The smallest absolute Gasteiger partial charge is 0.232 e. The lowest BCUT2D eigenvalue weighted by Gasteiger charge is -2.41. The quantitative estimate of drug-likeness (QED) is 0.731. The van der Waals surface area contributed by atoms with Gasteiger partial charge in [-0.3, -0.25) is 4.79 Å². The predicted octanol–water partition coefficient (Wildman–Crippen LogP) is 0.779. The molecule has 132 valence electrons. The Balaban J connectivity index is 1.22. The number of hydrogen-bond donors (Lipinski definition) is 0. The monoisotopic (exact) mass is 351 g/mol. The van der Waals surface area contributed by atoms with Crippen molar-refractivity contribution in [3.8, 4) is 0 Å². The molecule has 0 N–H and O–H groups in total. The molecule has 3 aliphatic heterocycles. The Morgan fingerprint density at radius 2 is 2.21 bits per heavy atom. The molecule has 0 unspecified atom stereocenters. The number of fused-ring (bicyclic) bond motifs is 3. The molecule has 1 aromatic heterocycles. The third-order valence-corrected chi connectivity index (χ3v) is 6.18. The van der Waals surface area contributed by atoms with Crippen LogP contribution in [0.15, 0.2) is 6.20 Å². The van der Waals surface area contributed by atoms with Crippen LogP contribution in [-0.4, -0.2) is 81.0 Å². The van der Waals surface area contributed by atoms with Gasteiger partial charge in [0.1, 0.15) is 0 Å². The number of rotatable bonds is 5. The molecule has 4 heterocycles. The Morgan fingerprint density at radius 3 is 3.08 bits per heavy atom. The van der Waals surface area contributed by atoms with E-state index in [-0.39, 0.29) is 18.1 Å². The van der Waals surface area contributed by atoms with Gasteiger partial charge in [0.25, 0.3) is 0 Å². The Hall–Kier alpha value is -1.12. The molecule has 1 amide bonds.